The molecule has 80 valence electrons. The van der Waals surface area contributed by atoms with Gasteiger partial charge in [-0.2, -0.15) is 0 Å². The van der Waals surface area contributed by atoms with Crippen LogP contribution in [0.1, 0.15) is 45.4 Å². The average molecular weight is 192 g/mol. The molecular formula is C14H24. The van der Waals surface area contributed by atoms with Crippen molar-refractivity contribution >= 4 is 0 Å². The third kappa shape index (κ3) is 3.01. The second-order valence-electron chi connectivity index (χ2n) is 4.62. The maximum Gasteiger partial charge on any atom is -0.0202 e. The SMILES string of the molecule is C=CC1CC(C=C)C(CCCCC)C1. The van der Waals surface area contributed by atoms with Crippen LogP contribution in [0.4, 0.5) is 0 Å². The van der Waals surface area contributed by atoms with E-state index in [1.54, 1.807) is 0 Å². The summed E-state index contributed by atoms with van der Waals surface area (Å²) >= 11 is 0. The van der Waals surface area contributed by atoms with Crippen LogP contribution in [0.3, 0.4) is 0 Å². The highest BCUT2D eigenvalue weighted by Gasteiger charge is 2.29. The van der Waals surface area contributed by atoms with E-state index in [1.807, 2.05) is 0 Å². The Labute approximate surface area is 89.1 Å². The molecule has 0 aromatic carbocycles. The van der Waals surface area contributed by atoms with Crippen LogP contribution in [-0.2, 0) is 0 Å². The molecule has 0 spiro atoms. The average Bonchev–Trinajstić information content (AvgIpc) is 2.61. The Morgan fingerprint density at radius 2 is 1.93 bits per heavy atom. The minimum absolute atomic E-state index is 0.754. The van der Waals surface area contributed by atoms with Crippen molar-refractivity contribution in [3.8, 4) is 0 Å². The lowest BCUT2D eigenvalue weighted by Gasteiger charge is -2.14. The lowest BCUT2D eigenvalue weighted by molar-refractivity contribution is 0.405. The van der Waals surface area contributed by atoms with E-state index < -0.39 is 0 Å². The van der Waals surface area contributed by atoms with Crippen LogP contribution < -0.4 is 0 Å². The molecule has 3 atom stereocenters. The smallest absolute Gasteiger partial charge is 0.0202 e. The summed E-state index contributed by atoms with van der Waals surface area (Å²) < 4.78 is 0. The highest BCUT2D eigenvalue weighted by Crippen LogP contribution is 2.40. The summed E-state index contributed by atoms with van der Waals surface area (Å²) in [5.74, 6) is 2.40. The molecule has 0 aliphatic heterocycles. The first-order chi connectivity index (χ1) is 6.81. The van der Waals surface area contributed by atoms with Crippen molar-refractivity contribution < 1.29 is 0 Å². The van der Waals surface area contributed by atoms with E-state index in [2.05, 4.69) is 32.2 Å². The van der Waals surface area contributed by atoms with Crippen LogP contribution in [0.25, 0.3) is 0 Å². The lowest BCUT2D eigenvalue weighted by atomic mass is 9.91. The third-order valence-electron chi connectivity index (χ3n) is 3.60. The summed E-state index contributed by atoms with van der Waals surface area (Å²) in [6.45, 7) is 10.1. The second kappa shape index (κ2) is 6.06. The van der Waals surface area contributed by atoms with Crippen LogP contribution in [0.2, 0.25) is 0 Å². The van der Waals surface area contributed by atoms with Gasteiger partial charge in [0.05, 0.1) is 0 Å². The molecule has 3 unspecified atom stereocenters. The monoisotopic (exact) mass is 192 g/mol. The van der Waals surface area contributed by atoms with E-state index in [9.17, 15) is 0 Å². The first kappa shape index (κ1) is 11.6. The summed E-state index contributed by atoms with van der Waals surface area (Å²) in [7, 11) is 0. The van der Waals surface area contributed by atoms with E-state index in [1.165, 1.54) is 38.5 Å². The van der Waals surface area contributed by atoms with Crippen LogP contribution in [0.15, 0.2) is 25.3 Å². The highest BCUT2D eigenvalue weighted by molar-refractivity contribution is 4.97. The Kier molecular flexibility index (Phi) is 5.00. The molecule has 0 aromatic rings. The normalized spacial score (nSPS) is 31.6. The van der Waals surface area contributed by atoms with Crippen molar-refractivity contribution in [1.29, 1.82) is 0 Å². The second-order valence-corrected chi connectivity index (χ2v) is 4.62. The molecule has 1 saturated carbocycles. The maximum atomic E-state index is 3.96. The van der Waals surface area contributed by atoms with Gasteiger partial charge >= 0.3 is 0 Å². The molecule has 1 fully saturated rings. The van der Waals surface area contributed by atoms with E-state index >= 15 is 0 Å². The van der Waals surface area contributed by atoms with Crippen molar-refractivity contribution in [2.75, 3.05) is 0 Å². The molecule has 0 N–H and O–H groups in total. The Bertz CT molecular complexity index is 180. The topological polar surface area (TPSA) is 0 Å². The van der Waals surface area contributed by atoms with Crippen molar-refractivity contribution in [3.05, 3.63) is 25.3 Å². The summed E-state index contributed by atoms with van der Waals surface area (Å²) in [5, 5.41) is 0. The van der Waals surface area contributed by atoms with Crippen LogP contribution >= 0.6 is 0 Å². The predicted octanol–water partition coefficient (Wildman–Crippen LogP) is 4.58. The molecule has 0 aromatic heterocycles. The Morgan fingerprint density at radius 1 is 1.14 bits per heavy atom. The lowest BCUT2D eigenvalue weighted by Crippen LogP contribution is -2.04. The summed E-state index contributed by atoms with van der Waals surface area (Å²) in [6, 6.07) is 0. The molecule has 0 saturated heterocycles. The summed E-state index contributed by atoms with van der Waals surface area (Å²) in [4.78, 5) is 0. The Balaban J connectivity index is 2.34. The fraction of sp³-hybridized carbons (Fsp3) is 0.714. The number of unbranched alkanes of at least 4 members (excludes halogenated alkanes) is 2. The van der Waals surface area contributed by atoms with Crippen molar-refractivity contribution in [3.63, 3.8) is 0 Å². The van der Waals surface area contributed by atoms with Crippen LogP contribution in [0, 0.1) is 17.8 Å². The van der Waals surface area contributed by atoms with Gasteiger partial charge in [0.2, 0.25) is 0 Å². The fourth-order valence-corrected chi connectivity index (χ4v) is 2.67. The molecule has 14 heavy (non-hydrogen) atoms. The molecule has 0 heteroatoms. The first-order valence-electron chi connectivity index (χ1n) is 6.06. The number of hydrogen-bond acceptors (Lipinski definition) is 0. The molecular weight excluding hydrogens is 168 g/mol. The molecule has 0 heterocycles. The Hall–Kier alpha value is -0.520. The summed E-state index contributed by atoms with van der Waals surface area (Å²) in [5.41, 5.74) is 0. The molecule has 0 amide bonds. The number of rotatable bonds is 6. The molecule has 1 aliphatic carbocycles. The minimum atomic E-state index is 0.754. The van der Waals surface area contributed by atoms with Gasteiger partial charge in [0, 0.05) is 0 Å². The van der Waals surface area contributed by atoms with Crippen molar-refractivity contribution in [2.24, 2.45) is 17.8 Å². The molecule has 0 bridgehead atoms. The molecule has 0 radical (unpaired) electrons. The minimum Gasteiger partial charge on any atom is -0.103 e. The van der Waals surface area contributed by atoms with E-state index in [-0.39, 0.29) is 0 Å². The maximum absolute atomic E-state index is 3.96. The van der Waals surface area contributed by atoms with Gasteiger partial charge in [-0.15, -0.1) is 13.2 Å². The van der Waals surface area contributed by atoms with E-state index in [4.69, 9.17) is 0 Å². The van der Waals surface area contributed by atoms with Gasteiger partial charge in [-0.05, 0) is 37.0 Å². The third-order valence-corrected chi connectivity index (χ3v) is 3.60. The predicted molar refractivity (Wildman–Crippen MR) is 64.2 cm³/mol. The largest absolute Gasteiger partial charge is 0.103 e. The van der Waals surface area contributed by atoms with Gasteiger partial charge in [-0.1, -0.05) is 38.3 Å². The van der Waals surface area contributed by atoms with Crippen LogP contribution in [0.5, 0.6) is 0 Å². The van der Waals surface area contributed by atoms with Crippen LogP contribution in [-0.4, -0.2) is 0 Å². The van der Waals surface area contributed by atoms with Gasteiger partial charge in [-0.25, -0.2) is 0 Å². The molecule has 1 aliphatic rings. The highest BCUT2D eigenvalue weighted by atomic mass is 14.3. The zero-order valence-corrected chi connectivity index (χ0v) is 9.54. The van der Waals surface area contributed by atoms with Gasteiger partial charge in [0.1, 0.15) is 0 Å². The standard InChI is InChI=1S/C14H24/c1-4-7-8-9-14-11-12(5-2)10-13(14)6-3/h5-6,12-14H,2-4,7-11H2,1H3. The number of hydrogen-bond donors (Lipinski definition) is 0. The van der Waals surface area contributed by atoms with E-state index in [0.717, 1.165) is 17.8 Å². The first-order valence-corrected chi connectivity index (χ1v) is 6.06. The van der Waals surface area contributed by atoms with Gasteiger partial charge < -0.3 is 0 Å². The fourth-order valence-electron chi connectivity index (χ4n) is 2.67. The van der Waals surface area contributed by atoms with Crippen molar-refractivity contribution in [1.82, 2.24) is 0 Å². The van der Waals surface area contributed by atoms with Crippen molar-refractivity contribution in [2.45, 2.75) is 45.4 Å². The summed E-state index contributed by atoms with van der Waals surface area (Å²) in [6.07, 6.45) is 12.5. The Morgan fingerprint density at radius 3 is 2.50 bits per heavy atom. The zero-order chi connectivity index (χ0) is 10.4. The quantitative estimate of drug-likeness (QED) is 0.427. The van der Waals surface area contributed by atoms with E-state index in [0.29, 0.717) is 0 Å². The molecule has 1 rings (SSSR count). The van der Waals surface area contributed by atoms with Gasteiger partial charge in [-0.3, -0.25) is 0 Å². The van der Waals surface area contributed by atoms with Gasteiger partial charge in [0.15, 0.2) is 0 Å². The zero-order valence-electron chi connectivity index (χ0n) is 9.54. The number of allylic oxidation sites excluding steroid dienone is 2. The molecule has 0 nitrogen and oxygen atoms in total. The van der Waals surface area contributed by atoms with Gasteiger partial charge in [0.25, 0.3) is 0 Å².